The molecular formula is C34H46O5. The molecule has 3 rings (SSSR count). The average molecular weight is 535 g/mol. The highest BCUT2D eigenvalue weighted by atomic mass is 16.5. The minimum absolute atomic E-state index is 0.0577. The second-order valence-electron chi connectivity index (χ2n) is 11.4. The van der Waals surface area contributed by atoms with Gasteiger partial charge in [-0.3, -0.25) is 0 Å². The molecule has 0 aliphatic heterocycles. The minimum atomic E-state index is -0.894. The van der Waals surface area contributed by atoms with E-state index in [-0.39, 0.29) is 30.7 Å². The van der Waals surface area contributed by atoms with Crippen LogP contribution in [-0.4, -0.2) is 47.3 Å². The lowest BCUT2D eigenvalue weighted by molar-refractivity contribution is 0.0117. The Kier molecular flexibility index (Phi) is 10.6. The summed E-state index contributed by atoms with van der Waals surface area (Å²) in [6, 6.07) is 22.9. The first-order valence-corrected chi connectivity index (χ1v) is 14.0. The van der Waals surface area contributed by atoms with Crippen molar-refractivity contribution in [2.24, 2.45) is 5.41 Å². The first kappa shape index (κ1) is 30.7. The van der Waals surface area contributed by atoms with Crippen molar-refractivity contribution in [1.82, 2.24) is 0 Å². The first-order valence-electron chi connectivity index (χ1n) is 14.0. The molecule has 0 radical (unpaired) electrons. The van der Waals surface area contributed by atoms with E-state index in [1.807, 2.05) is 37.3 Å². The van der Waals surface area contributed by atoms with Crippen molar-refractivity contribution >= 4 is 0 Å². The standard InChI is InChI=1S/C34H46O5/c1-7-34(8-2,27-14-16-30(24(3)18-27)38-22-29(36)21-35)28-15-17-31(25(4)19-28)39-23-32(37)33(5,6)20-26-12-10-9-11-13-26/h9-19,29,32,35-37H,7-8,20-23H2,1-6H3/t29-,32?/m0/s1. The highest BCUT2D eigenvalue weighted by molar-refractivity contribution is 5.48. The van der Waals surface area contributed by atoms with Crippen LogP contribution in [0.25, 0.3) is 0 Å². The van der Waals surface area contributed by atoms with E-state index in [0.717, 1.165) is 36.1 Å². The van der Waals surface area contributed by atoms with Gasteiger partial charge in [-0.05, 0) is 78.5 Å². The molecule has 0 saturated carbocycles. The van der Waals surface area contributed by atoms with E-state index in [2.05, 4.69) is 71.0 Å². The van der Waals surface area contributed by atoms with Gasteiger partial charge in [0.25, 0.3) is 0 Å². The third-order valence-electron chi connectivity index (χ3n) is 8.11. The summed E-state index contributed by atoms with van der Waals surface area (Å²) in [5, 5.41) is 29.7. The molecule has 0 heterocycles. The van der Waals surface area contributed by atoms with Crippen LogP contribution in [0.1, 0.15) is 68.4 Å². The van der Waals surface area contributed by atoms with Crippen LogP contribution >= 0.6 is 0 Å². The van der Waals surface area contributed by atoms with Gasteiger partial charge in [0.05, 0.1) is 12.7 Å². The SMILES string of the molecule is CCC(CC)(c1ccc(OCC(O)C(C)(C)Cc2ccccc2)c(C)c1)c1ccc(OC[C@@H](O)CO)c(C)c1. The zero-order valence-corrected chi connectivity index (χ0v) is 24.4. The van der Waals surface area contributed by atoms with Gasteiger partial charge in [0.2, 0.25) is 0 Å². The highest BCUT2D eigenvalue weighted by Crippen LogP contribution is 2.41. The molecule has 3 N–H and O–H groups in total. The summed E-state index contributed by atoms with van der Waals surface area (Å²) in [7, 11) is 0. The van der Waals surface area contributed by atoms with Crippen LogP contribution in [-0.2, 0) is 11.8 Å². The lowest BCUT2D eigenvalue weighted by Gasteiger charge is -2.34. The zero-order valence-electron chi connectivity index (χ0n) is 24.4. The lowest BCUT2D eigenvalue weighted by atomic mass is 9.70. The molecule has 0 bridgehead atoms. The summed E-state index contributed by atoms with van der Waals surface area (Å²) in [5.41, 5.74) is 5.19. The van der Waals surface area contributed by atoms with Crippen LogP contribution in [0.3, 0.4) is 0 Å². The molecule has 3 aromatic rings. The molecule has 0 spiro atoms. The molecule has 1 unspecified atom stereocenters. The number of rotatable bonds is 14. The summed E-state index contributed by atoms with van der Waals surface area (Å²) < 4.78 is 11.9. The fourth-order valence-electron chi connectivity index (χ4n) is 5.32. The fraction of sp³-hybridized carbons (Fsp3) is 0.471. The van der Waals surface area contributed by atoms with Gasteiger partial charge in [-0.15, -0.1) is 0 Å². The molecule has 39 heavy (non-hydrogen) atoms. The highest BCUT2D eigenvalue weighted by Gasteiger charge is 2.32. The van der Waals surface area contributed by atoms with Gasteiger partial charge in [-0.1, -0.05) is 82.3 Å². The summed E-state index contributed by atoms with van der Waals surface area (Å²) in [6.07, 6.45) is 1.13. The molecule has 0 fully saturated rings. The number of benzene rings is 3. The second kappa shape index (κ2) is 13.5. The van der Waals surface area contributed by atoms with Crippen LogP contribution in [0.2, 0.25) is 0 Å². The number of hydrogen-bond acceptors (Lipinski definition) is 5. The van der Waals surface area contributed by atoms with Crippen molar-refractivity contribution in [1.29, 1.82) is 0 Å². The zero-order chi connectivity index (χ0) is 28.6. The second-order valence-corrected chi connectivity index (χ2v) is 11.4. The van der Waals surface area contributed by atoms with Crippen LogP contribution in [0.5, 0.6) is 11.5 Å². The largest absolute Gasteiger partial charge is 0.491 e. The topological polar surface area (TPSA) is 79.2 Å². The van der Waals surface area contributed by atoms with Gasteiger partial charge in [0, 0.05) is 5.41 Å². The normalized spacial score (nSPS) is 13.7. The molecule has 2 atom stereocenters. The van der Waals surface area contributed by atoms with Gasteiger partial charge in [0.1, 0.15) is 30.8 Å². The van der Waals surface area contributed by atoms with E-state index in [1.165, 1.54) is 16.7 Å². The predicted molar refractivity (Wildman–Crippen MR) is 158 cm³/mol. The van der Waals surface area contributed by atoms with Crippen molar-refractivity contribution in [3.63, 3.8) is 0 Å². The summed E-state index contributed by atoms with van der Waals surface area (Å²) in [6.45, 7) is 12.6. The first-order chi connectivity index (χ1) is 18.6. The Balaban J connectivity index is 1.76. The molecule has 5 nitrogen and oxygen atoms in total. The molecule has 0 aliphatic rings. The summed E-state index contributed by atoms with van der Waals surface area (Å²) >= 11 is 0. The third kappa shape index (κ3) is 7.42. The summed E-state index contributed by atoms with van der Waals surface area (Å²) in [4.78, 5) is 0. The fourth-order valence-corrected chi connectivity index (χ4v) is 5.32. The van der Waals surface area contributed by atoms with E-state index in [1.54, 1.807) is 0 Å². The van der Waals surface area contributed by atoms with E-state index in [0.29, 0.717) is 5.75 Å². The molecule has 0 saturated heterocycles. The van der Waals surface area contributed by atoms with Gasteiger partial charge < -0.3 is 24.8 Å². The van der Waals surface area contributed by atoms with Gasteiger partial charge in [0.15, 0.2) is 0 Å². The number of ether oxygens (including phenoxy) is 2. The van der Waals surface area contributed by atoms with Crippen LogP contribution in [0.15, 0.2) is 66.7 Å². The van der Waals surface area contributed by atoms with Crippen molar-refractivity contribution in [3.8, 4) is 11.5 Å². The minimum Gasteiger partial charge on any atom is -0.491 e. The molecule has 3 aromatic carbocycles. The van der Waals surface area contributed by atoms with Crippen LogP contribution in [0.4, 0.5) is 0 Å². The van der Waals surface area contributed by atoms with Crippen molar-refractivity contribution in [3.05, 3.63) is 94.5 Å². The monoisotopic (exact) mass is 534 g/mol. The van der Waals surface area contributed by atoms with E-state index in [4.69, 9.17) is 14.6 Å². The molecule has 0 aliphatic carbocycles. The smallest absolute Gasteiger partial charge is 0.122 e. The van der Waals surface area contributed by atoms with E-state index >= 15 is 0 Å². The van der Waals surface area contributed by atoms with Gasteiger partial charge in [-0.25, -0.2) is 0 Å². The van der Waals surface area contributed by atoms with Crippen molar-refractivity contribution < 1.29 is 24.8 Å². The van der Waals surface area contributed by atoms with Gasteiger partial charge >= 0.3 is 0 Å². The molecule has 0 amide bonds. The Morgan fingerprint density at radius 3 is 1.72 bits per heavy atom. The van der Waals surface area contributed by atoms with Crippen molar-refractivity contribution in [2.75, 3.05) is 19.8 Å². The maximum Gasteiger partial charge on any atom is 0.122 e. The van der Waals surface area contributed by atoms with E-state index < -0.39 is 12.2 Å². The Bertz CT molecular complexity index is 1180. The van der Waals surface area contributed by atoms with Crippen LogP contribution in [0, 0.1) is 19.3 Å². The van der Waals surface area contributed by atoms with Crippen LogP contribution < -0.4 is 9.47 Å². The molecular weight excluding hydrogens is 488 g/mol. The number of aliphatic hydroxyl groups is 3. The Hall–Kier alpha value is -2.86. The Morgan fingerprint density at radius 2 is 1.26 bits per heavy atom. The molecule has 5 heteroatoms. The third-order valence-corrected chi connectivity index (χ3v) is 8.11. The number of aliphatic hydroxyl groups excluding tert-OH is 3. The quantitative estimate of drug-likeness (QED) is 0.231. The van der Waals surface area contributed by atoms with E-state index in [9.17, 15) is 10.2 Å². The lowest BCUT2D eigenvalue weighted by Crippen LogP contribution is -2.36. The molecule has 212 valence electrons. The Morgan fingerprint density at radius 1 is 0.744 bits per heavy atom. The average Bonchev–Trinajstić information content (AvgIpc) is 2.93. The number of aryl methyl sites for hydroxylation is 2. The van der Waals surface area contributed by atoms with Gasteiger partial charge in [-0.2, -0.15) is 0 Å². The molecule has 0 aromatic heterocycles. The maximum atomic E-state index is 11.0. The Labute approximate surface area is 234 Å². The van der Waals surface area contributed by atoms with Crippen molar-refractivity contribution in [2.45, 2.75) is 78.4 Å². The summed E-state index contributed by atoms with van der Waals surface area (Å²) in [5.74, 6) is 1.50. The number of hydrogen-bond donors (Lipinski definition) is 3. The maximum absolute atomic E-state index is 11.0. The predicted octanol–water partition coefficient (Wildman–Crippen LogP) is 6.15.